The summed E-state index contributed by atoms with van der Waals surface area (Å²) >= 11 is 1.65. The van der Waals surface area contributed by atoms with Gasteiger partial charge in [-0.3, -0.25) is 9.10 Å². The number of nitrogens with one attached hydrogen (secondary N) is 1. The van der Waals surface area contributed by atoms with Crippen molar-refractivity contribution < 1.29 is 13.2 Å². The summed E-state index contributed by atoms with van der Waals surface area (Å²) in [6.07, 6.45) is 6.13. The maximum Gasteiger partial charge on any atom is 0.235 e. The van der Waals surface area contributed by atoms with Crippen molar-refractivity contribution >= 4 is 38.6 Å². The predicted molar refractivity (Wildman–Crippen MR) is 119 cm³/mol. The Kier molecular flexibility index (Phi) is 5.71. The second kappa shape index (κ2) is 8.11. The Balaban J connectivity index is 1.59. The summed E-state index contributed by atoms with van der Waals surface area (Å²) < 4.78 is 26.8. The molecule has 1 aromatic carbocycles. The van der Waals surface area contributed by atoms with E-state index in [2.05, 4.69) is 11.4 Å². The molecule has 2 aliphatic rings. The van der Waals surface area contributed by atoms with Crippen molar-refractivity contribution in [3.63, 3.8) is 0 Å². The molecule has 29 heavy (non-hydrogen) atoms. The molecule has 1 fully saturated rings. The van der Waals surface area contributed by atoms with E-state index in [0.717, 1.165) is 60.3 Å². The molecule has 1 amide bonds. The van der Waals surface area contributed by atoms with Crippen LogP contribution in [0.3, 0.4) is 0 Å². The van der Waals surface area contributed by atoms with Crippen molar-refractivity contribution in [2.24, 2.45) is 0 Å². The van der Waals surface area contributed by atoms with E-state index >= 15 is 0 Å². The van der Waals surface area contributed by atoms with Crippen molar-refractivity contribution in [2.75, 3.05) is 21.9 Å². The molecule has 156 valence electrons. The number of fused-ring (bicyclic) bond motifs is 1. The predicted octanol–water partition coefficient (Wildman–Crippen LogP) is 4.69. The van der Waals surface area contributed by atoms with Gasteiger partial charge < -0.3 is 5.32 Å². The monoisotopic (exact) mass is 432 g/mol. The molecule has 0 atom stereocenters. The average Bonchev–Trinajstić information content (AvgIpc) is 3.39. The van der Waals surface area contributed by atoms with Gasteiger partial charge in [0.1, 0.15) is 0 Å². The summed E-state index contributed by atoms with van der Waals surface area (Å²) in [7, 11) is -3.29. The molecular formula is C22H28N2O3S2. The first-order valence-electron chi connectivity index (χ1n) is 10.4. The van der Waals surface area contributed by atoms with Crippen LogP contribution in [0.15, 0.2) is 35.7 Å². The van der Waals surface area contributed by atoms with Gasteiger partial charge in [0.05, 0.1) is 16.9 Å². The van der Waals surface area contributed by atoms with Gasteiger partial charge in [0.25, 0.3) is 0 Å². The van der Waals surface area contributed by atoms with E-state index < -0.39 is 15.4 Å². The highest BCUT2D eigenvalue weighted by Gasteiger charge is 2.43. The SMILES string of the molecule is CCCS(=O)(=O)N1CCCc2cc(NC(=O)C3(c4cccs4)CCCC3)ccc21. The smallest absolute Gasteiger partial charge is 0.235 e. The lowest BCUT2D eigenvalue weighted by molar-refractivity contribution is -0.121. The minimum Gasteiger partial charge on any atom is -0.325 e. The second-order valence-electron chi connectivity index (χ2n) is 8.06. The van der Waals surface area contributed by atoms with Crippen LogP contribution in [-0.4, -0.2) is 26.6 Å². The highest BCUT2D eigenvalue weighted by molar-refractivity contribution is 7.92. The van der Waals surface area contributed by atoms with E-state index in [1.165, 1.54) is 0 Å². The minimum atomic E-state index is -3.29. The summed E-state index contributed by atoms with van der Waals surface area (Å²) in [5.41, 5.74) is 2.08. The highest BCUT2D eigenvalue weighted by atomic mass is 32.2. The molecule has 5 nitrogen and oxygen atoms in total. The van der Waals surface area contributed by atoms with Gasteiger partial charge in [0.15, 0.2) is 0 Å². The number of benzene rings is 1. The fourth-order valence-electron chi connectivity index (χ4n) is 4.66. The normalized spacial score (nSPS) is 18.4. The number of thiophene rings is 1. The zero-order valence-corrected chi connectivity index (χ0v) is 18.4. The molecule has 0 radical (unpaired) electrons. The lowest BCUT2D eigenvalue weighted by Gasteiger charge is -2.31. The Hall–Kier alpha value is -1.86. The van der Waals surface area contributed by atoms with Gasteiger partial charge in [0, 0.05) is 17.1 Å². The molecule has 0 unspecified atom stereocenters. The minimum absolute atomic E-state index is 0.0590. The van der Waals surface area contributed by atoms with Crippen LogP contribution in [0.5, 0.6) is 0 Å². The number of hydrogen-bond donors (Lipinski definition) is 1. The number of amides is 1. The van der Waals surface area contributed by atoms with Gasteiger partial charge in [-0.2, -0.15) is 0 Å². The first-order valence-corrected chi connectivity index (χ1v) is 12.9. The summed E-state index contributed by atoms with van der Waals surface area (Å²) in [6.45, 7) is 2.41. The number of carbonyl (C=O) groups excluding carboxylic acids is 1. The van der Waals surface area contributed by atoms with Crippen LogP contribution in [0, 0.1) is 0 Å². The van der Waals surface area contributed by atoms with Gasteiger partial charge in [-0.25, -0.2) is 8.42 Å². The molecule has 1 aliphatic carbocycles. The number of rotatable bonds is 6. The van der Waals surface area contributed by atoms with Crippen molar-refractivity contribution in [3.8, 4) is 0 Å². The Morgan fingerprint density at radius 2 is 2.00 bits per heavy atom. The lowest BCUT2D eigenvalue weighted by Crippen LogP contribution is -2.38. The standard InChI is InChI=1S/C22H28N2O3S2/c1-2-15-29(26,27)24-13-5-7-17-16-18(9-10-19(17)24)23-21(25)22(11-3-4-12-22)20-8-6-14-28-20/h6,8-10,14,16H,2-5,7,11-13,15H2,1H3,(H,23,25). The van der Waals surface area contributed by atoms with Crippen molar-refractivity contribution in [1.82, 2.24) is 0 Å². The molecule has 0 bridgehead atoms. The molecule has 2 heterocycles. The molecule has 0 saturated heterocycles. The van der Waals surface area contributed by atoms with Gasteiger partial charge in [-0.05, 0) is 67.3 Å². The Bertz CT molecular complexity index is 977. The maximum atomic E-state index is 13.3. The van der Waals surface area contributed by atoms with Crippen molar-refractivity contribution in [2.45, 2.75) is 57.3 Å². The third kappa shape index (κ3) is 3.82. The summed E-state index contributed by atoms with van der Waals surface area (Å²) in [6, 6.07) is 9.73. The molecule has 4 rings (SSSR count). The van der Waals surface area contributed by atoms with Crippen molar-refractivity contribution in [3.05, 3.63) is 46.2 Å². The summed E-state index contributed by atoms with van der Waals surface area (Å²) in [5, 5.41) is 5.18. The Morgan fingerprint density at radius 3 is 2.69 bits per heavy atom. The van der Waals surface area contributed by atoms with Gasteiger partial charge in [-0.1, -0.05) is 25.8 Å². The van der Waals surface area contributed by atoms with E-state index in [1.54, 1.807) is 15.6 Å². The van der Waals surface area contributed by atoms with Crippen LogP contribution in [0.1, 0.15) is 55.9 Å². The molecule has 1 saturated carbocycles. The van der Waals surface area contributed by atoms with Gasteiger partial charge in [0.2, 0.25) is 15.9 Å². The first-order chi connectivity index (χ1) is 14.0. The number of nitrogens with zero attached hydrogens (tertiary/aromatic N) is 1. The third-order valence-corrected chi connectivity index (χ3v) is 9.14. The largest absolute Gasteiger partial charge is 0.325 e. The number of aryl methyl sites for hydroxylation is 1. The molecule has 0 spiro atoms. The zero-order chi connectivity index (χ0) is 20.5. The van der Waals surface area contributed by atoms with Crippen LogP contribution in [0.4, 0.5) is 11.4 Å². The summed E-state index contributed by atoms with van der Waals surface area (Å²) in [5.74, 6) is 0.220. The van der Waals surface area contributed by atoms with E-state index in [9.17, 15) is 13.2 Å². The number of sulfonamides is 1. The maximum absolute atomic E-state index is 13.3. The molecule has 2 aromatic rings. The molecule has 1 aliphatic heterocycles. The van der Waals surface area contributed by atoms with Crippen LogP contribution >= 0.6 is 11.3 Å². The fraction of sp³-hybridized carbons (Fsp3) is 0.500. The highest BCUT2D eigenvalue weighted by Crippen LogP contribution is 2.44. The molecule has 1 aromatic heterocycles. The van der Waals surface area contributed by atoms with Crippen LogP contribution in [-0.2, 0) is 26.7 Å². The van der Waals surface area contributed by atoms with E-state index in [0.29, 0.717) is 13.0 Å². The molecule has 7 heteroatoms. The number of hydrogen-bond acceptors (Lipinski definition) is 4. The second-order valence-corrected chi connectivity index (χ2v) is 11.0. The number of anilines is 2. The van der Waals surface area contributed by atoms with Crippen molar-refractivity contribution in [1.29, 1.82) is 0 Å². The molecular weight excluding hydrogens is 404 g/mol. The van der Waals surface area contributed by atoms with E-state index in [1.807, 2.05) is 36.6 Å². The zero-order valence-electron chi connectivity index (χ0n) is 16.8. The Morgan fingerprint density at radius 1 is 1.21 bits per heavy atom. The third-order valence-electron chi connectivity index (χ3n) is 6.10. The topological polar surface area (TPSA) is 66.5 Å². The summed E-state index contributed by atoms with van der Waals surface area (Å²) in [4.78, 5) is 14.4. The van der Waals surface area contributed by atoms with E-state index in [-0.39, 0.29) is 11.7 Å². The van der Waals surface area contributed by atoms with E-state index in [4.69, 9.17) is 0 Å². The first kappa shape index (κ1) is 20.4. The lowest BCUT2D eigenvalue weighted by atomic mass is 9.83. The van der Waals surface area contributed by atoms with Gasteiger partial charge >= 0.3 is 0 Å². The molecule has 1 N–H and O–H groups in total. The Labute approximate surface area is 177 Å². The number of carbonyl (C=O) groups is 1. The fourth-order valence-corrected chi connectivity index (χ4v) is 7.27. The average molecular weight is 433 g/mol. The quantitative estimate of drug-likeness (QED) is 0.720. The van der Waals surface area contributed by atoms with Crippen LogP contribution < -0.4 is 9.62 Å². The van der Waals surface area contributed by atoms with Crippen LogP contribution in [0.25, 0.3) is 0 Å². The van der Waals surface area contributed by atoms with Gasteiger partial charge in [-0.15, -0.1) is 11.3 Å². The van der Waals surface area contributed by atoms with Crippen LogP contribution in [0.2, 0.25) is 0 Å².